The molecular formula is C12H14N2O3S. The number of hydrogen-bond acceptors (Lipinski definition) is 5. The molecule has 0 saturated carbocycles. The van der Waals surface area contributed by atoms with Gasteiger partial charge in [0.25, 0.3) is 0 Å². The Kier molecular flexibility index (Phi) is 6.05. The first-order valence-corrected chi connectivity index (χ1v) is 6.48. The van der Waals surface area contributed by atoms with E-state index < -0.39 is 12.0 Å². The van der Waals surface area contributed by atoms with Gasteiger partial charge in [0.1, 0.15) is 11.8 Å². The number of rotatable bonds is 7. The lowest BCUT2D eigenvalue weighted by Crippen LogP contribution is -2.32. The predicted molar refractivity (Wildman–Crippen MR) is 69.6 cm³/mol. The Morgan fingerprint density at radius 2 is 2.17 bits per heavy atom. The number of carbonyl (C=O) groups is 1. The lowest BCUT2D eigenvalue weighted by Gasteiger charge is -2.07. The molecule has 1 aromatic rings. The lowest BCUT2D eigenvalue weighted by atomic mass is 10.2. The van der Waals surface area contributed by atoms with Crippen molar-refractivity contribution in [2.75, 3.05) is 18.1 Å². The highest BCUT2D eigenvalue weighted by molar-refractivity contribution is 7.99. The molecule has 0 aliphatic heterocycles. The first kappa shape index (κ1) is 14.4. The normalized spacial score (nSPS) is 11.6. The van der Waals surface area contributed by atoms with Crippen LogP contribution < -0.4 is 10.5 Å². The Hall–Kier alpha value is -1.71. The van der Waals surface area contributed by atoms with Crippen molar-refractivity contribution in [3.8, 4) is 11.8 Å². The summed E-state index contributed by atoms with van der Waals surface area (Å²) in [6.07, 6.45) is 0. The lowest BCUT2D eigenvalue weighted by molar-refractivity contribution is -0.137. The van der Waals surface area contributed by atoms with Crippen molar-refractivity contribution in [3.63, 3.8) is 0 Å². The minimum atomic E-state index is -0.990. The maximum atomic E-state index is 10.4. The third kappa shape index (κ3) is 5.08. The van der Waals surface area contributed by atoms with E-state index in [2.05, 4.69) is 0 Å². The van der Waals surface area contributed by atoms with Crippen LogP contribution in [0.3, 0.4) is 0 Å². The monoisotopic (exact) mass is 266 g/mol. The van der Waals surface area contributed by atoms with Gasteiger partial charge in [0.05, 0.1) is 18.2 Å². The summed E-state index contributed by atoms with van der Waals surface area (Å²) in [5.41, 5.74) is 5.94. The van der Waals surface area contributed by atoms with Gasteiger partial charge in [-0.25, -0.2) is 0 Å². The minimum Gasteiger partial charge on any atom is -0.493 e. The van der Waals surface area contributed by atoms with Gasteiger partial charge in [0.15, 0.2) is 0 Å². The summed E-state index contributed by atoms with van der Waals surface area (Å²) in [5.74, 6) is 0.736. The Bertz CT molecular complexity index is 428. The van der Waals surface area contributed by atoms with Crippen molar-refractivity contribution in [1.29, 1.82) is 5.26 Å². The van der Waals surface area contributed by atoms with Crippen molar-refractivity contribution >= 4 is 17.7 Å². The Balaban J connectivity index is 2.18. The van der Waals surface area contributed by atoms with E-state index in [0.717, 1.165) is 0 Å². The van der Waals surface area contributed by atoms with Crippen LogP contribution in [0, 0.1) is 11.3 Å². The van der Waals surface area contributed by atoms with Crippen LogP contribution in [-0.4, -0.2) is 35.2 Å². The number of aliphatic carboxylic acids is 1. The van der Waals surface area contributed by atoms with Gasteiger partial charge in [0.2, 0.25) is 0 Å². The molecule has 0 spiro atoms. The summed E-state index contributed by atoms with van der Waals surface area (Å²) in [5, 5.41) is 17.2. The quantitative estimate of drug-likeness (QED) is 0.717. The van der Waals surface area contributed by atoms with Crippen molar-refractivity contribution < 1.29 is 14.6 Å². The van der Waals surface area contributed by atoms with E-state index in [1.807, 2.05) is 6.07 Å². The molecule has 0 aromatic heterocycles. The molecule has 0 aliphatic carbocycles. The molecule has 0 amide bonds. The molecule has 1 rings (SSSR count). The average Bonchev–Trinajstić information content (AvgIpc) is 2.38. The molecule has 1 aromatic carbocycles. The molecule has 0 aliphatic rings. The summed E-state index contributed by atoms with van der Waals surface area (Å²) in [7, 11) is 0. The molecule has 6 heteroatoms. The van der Waals surface area contributed by atoms with Crippen molar-refractivity contribution in [3.05, 3.63) is 29.8 Å². The van der Waals surface area contributed by atoms with Crippen molar-refractivity contribution in [1.82, 2.24) is 0 Å². The second kappa shape index (κ2) is 7.58. The molecule has 0 fully saturated rings. The summed E-state index contributed by atoms with van der Waals surface area (Å²) < 4.78 is 5.43. The topological polar surface area (TPSA) is 96.3 Å². The SMILES string of the molecule is N#Cc1ccc(OCCSCC(N)C(=O)O)cc1. The van der Waals surface area contributed by atoms with E-state index in [-0.39, 0.29) is 0 Å². The Morgan fingerprint density at radius 3 is 2.72 bits per heavy atom. The van der Waals surface area contributed by atoms with Crippen LogP contribution in [0.25, 0.3) is 0 Å². The predicted octanol–water partition coefficient (Wildman–Crippen LogP) is 1.08. The third-order valence-corrected chi connectivity index (χ3v) is 3.14. The van der Waals surface area contributed by atoms with E-state index in [4.69, 9.17) is 20.8 Å². The van der Waals surface area contributed by atoms with Gasteiger partial charge in [-0.3, -0.25) is 4.79 Å². The number of carboxylic acids is 1. The molecule has 1 unspecified atom stereocenters. The molecule has 0 radical (unpaired) electrons. The van der Waals surface area contributed by atoms with Gasteiger partial charge in [-0.15, -0.1) is 0 Å². The Morgan fingerprint density at radius 1 is 1.50 bits per heavy atom. The number of nitriles is 1. The fourth-order valence-corrected chi connectivity index (χ4v) is 1.89. The molecule has 18 heavy (non-hydrogen) atoms. The van der Waals surface area contributed by atoms with Gasteiger partial charge < -0.3 is 15.6 Å². The van der Waals surface area contributed by atoms with Crippen molar-refractivity contribution in [2.45, 2.75) is 6.04 Å². The zero-order valence-corrected chi connectivity index (χ0v) is 10.5. The molecule has 0 saturated heterocycles. The van der Waals surface area contributed by atoms with Crippen LogP contribution >= 0.6 is 11.8 Å². The molecule has 0 bridgehead atoms. The summed E-state index contributed by atoms with van der Waals surface area (Å²) in [4.78, 5) is 10.4. The highest BCUT2D eigenvalue weighted by atomic mass is 32.2. The summed E-state index contributed by atoms with van der Waals surface area (Å²) in [6.45, 7) is 0.475. The number of nitrogens with zero attached hydrogens (tertiary/aromatic N) is 1. The van der Waals surface area contributed by atoms with Gasteiger partial charge in [-0.2, -0.15) is 17.0 Å². The second-order valence-electron chi connectivity index (χ2n) is 3.50. The van der Waals surface area contributed by atoms with Crippen molar-refractivity contribution in [2.24, 2.45) is 5.73 Å². The van der Waals surface area contributed by atoms with E-state index in [1.54, 1.807) is 24.3 Å². The van der Waals surface area contributed by atoms with Crippen LogP contribution in [0.15, 0.2) is 24.3 Å². The standard InChI is InChI=1S/C12H14N2O3S/c13-7-9-1-3-10(4-2-9)17-5-6-18-8-11(14)12(15)16/h1-4,11H,5-6,8,14H2,(H,15,16). The zero-order valence-electron chi connectivity index (χ0n) is 9.70. The van der Waals surface area contributed by atoms with E-state index in [1.165, 1.54) is 11.8 Å². The first-order chi connectivity index (χ1) is 8.63. The number of ether oxygens (including phenoxy) is 1. The van der Waals surface area contributed by atoms with Crippen LogP contribution in [-0.2, 0) is 4.79 Å². The second-order valence-corrected chi connectivity index (χ2v) is 4.65. The number of hydrogen-bond donors (Lipinski definition) is 2. The highest BCUT2D eigenvalue weighted by Crippen LogP contribution is 2.12. The van der Waals surface area contributed by atoms with Gasteiger partial charge in [0, 0.05) is 11.5 Å². The minimum absolute atomic E-state index is 0.367. The number of nitrogens with two attached hydrogens (primary N) is 1. The molecule has 3 N–H and O–H groups in total. The van der Waals surface area contributed by atoms with E-state index >= 15 is 0 Å². The fourth-order valence-electron chi connectivity index (χ4n) is 1.13. The number of benzene rings is 1. The van der Waals surface area contributed by atoms with Gasteiger partial charge in [-0.1, -0.05) is 0 Å². The van der Waals surface area contributed by atoms with Crippen LogP contribution in [0.4, 0.5) is 0 Å². The molecule has 96 valence electrons. The number of thioether (sulfide) groups is 1. The molecule has 1 atom stereocenters. The molecule has 0 heterocycles. The Labute approximate surface area is 110 Å². The maximum absolute atomic E-state index is 10.4. The van der Waals surface area contributed by atoms with Gasteiger partial charge in [-0.05, 0) is 24.3 Å². The number of carboxylic acid groups (broad SMARTS) is 1. The summed E-state index contributed by atoms with van der Waals surface area (Å²) >= 11 is 1.43. The smallest absolute Gasteiger partial charge is 0.321 e. The van der Waals surface area contributed by atoms with E-state index in [9.17, 15) is 4.79 Å². The van der Waals surface area contributed by atoms with Crippen LogP contribution in [0.1, 0.15) is 5.56 Å². The van der Waals surface area contributed by atoms with Gasteiger partial charge >= 0.3 is 5.97 Å². The maximum Gasteiger partial charge on any atom is 0.321 e. The first-order valence-electron chi connectivity index (χ1n) is 5.32. The fraction of sp³-hybridized carbons (Fsp3) is 0.333. The molecular weight excluding hydrogens is 252 g/mol. The van der Waals surface area contributed by atoms with E-state index in [0.29, 0.717) is 29.4 Å². The van der Waals surface area contributed by atoms with Crippen LogP contribution in [0.5, 0.6) is 5.75 Å². The average molecular weight is 266 g/mol. The summed E-state index contributed by atoms with van der Waals surface area (Å²) in [6, 6.07) is 8.02. The zero-order chi connectivity index (χ0) is 13.4. The van der Waals surface area contributed by atoms with Crippen LogP contribution in [0.2, 0.25) is 0 Å². The third-order valence-electron chi connectivity index (χ3n) is 2.09. The molecule has 5 nitrogen and oxygen atoms in total. The highest BCUT2D eigenvalue weighted by Gasteiger charge is 2.10. The largest absolute Gasteiger partial charge is 0.493 e.